The number of nitro groups is 1. The number of hydrogen-bond donors (Lipinski definition) is 0. The highest BCUT2D eigenvalue weighted by Gasteiger charge is 2.37. The Balaban J connectivity index is 4.23. The lowest BCUT2D eigenvalue weighted by atomic mass is 11.0. The number of rotatable bonds is 2. The van der Waals surface area contributed by atoms with Crippen molar-refractivity contribution in [1.29, 1.82) is 0 Å². The highest BCUT2D eigenvalue weighted by atomic mass is 28.3. The Hall–Kier alpha value is -0.733. The molecule has 3 nitrogen and oxygen atoms in total. The van der Waals surface area contributed by atoms with Crippen LogP contribution < -0.4 is 0 Å². The molecule has 0 rings (SSSR count). The molecule has 0 aromatic heterocycles. The fraction of sp³-hybridized carbons (Fsp3) is 0.600. The highest BCUT2D eigenvalue weighted by Crippen LogP contribution is 2.11. The highest BCUT2D eigenvalue weighted by molar-refractivity contribution is 6.82. The molecule has 0 amide bonds. The van der Waals surface area contributed by atoms with E-state index >= 15 is 0 Å². The summed E-state index contributed by atoms with van der Waals surface area (Å²) in [7, 11) is -1.83. The molecule has 0 atom stereocenters. The van der Waals surface area contributed by atoms with Gasteiger partial charge in [-0.3, -0.25) is 10.1 Å². The smallest absolute Gasteiger partial charge is 0.255 e. The maximum atomic E-state index is 10.0. The van der Waals surface area contributed by atoms with Crippen LogP contribution >= 0.6 is 0 Å². The molecule has 0 bridgehead atoms. The molecule has 0 aliphatic carbocycles. The summed E-state index contributed by atoms with van der Waals surface area (Å²) in [5.41, 5.74) is 0. The zero-order valence-electron chi connectivity index (χ0n) is 5.84. The predicted octanol–water partition coefficient (Wildman–Crippen LogP) is 1.46. The van der Waals surface area contributed by atoms with E-state index in [2.05, 4.69) is 0 Å². The van der Waals surface area contributed by atoms with Gasteiger partial charge in [-0.1, -0.05) is 19.6 Å². The van der Waals surface area contributed by atoms with Crippen molar-refractivity contribution in [2.75, 3.05) is 0 Å². The summed E-state index contributed by atoms with van der Waals surface area (Å²) in [5, 5.41) is 9.97. The van der Waals surface area contributed by atoms with Gasteiger partial charge in [-0.15, -0.1) is 0 Å². The zero-order valence-corrected chi connectivity index (χ0v) is 6.84. The van der Waals surface area contributed by atoms with E-state index in [0.717, 1.165) is 0 Å². The van der Waals surface area contributed by atoms with Crippen molar-refractivity contribution in [3.05, 3.63) is 22.0 Å². The second kappa shape index (κ2) is 2.25. The maximum absolute atomic E-state index is 10.0. The zero-order chi connectivity index (χ0) is 7.65. The fourth-order valence-corrected chi connectivity index (χ4v) is 0.822. The van der Waals surface area contributed by atoms with Gasteiger partial charge in [0.15, 0.2) is 0 Å². The van der Waals surface area contributed by atoms with Gasteiger partial charge in [-0.05, 0) is 0 Å². The third kappa shape index (κ3) is 2.35. The minimum Gasteiger partial charge on any atom is -0.255 e. The van der Waals surface area contributed by atoms with E-state index in [1.54, 1.807) is 0 Å². The molecule has 0 heterocycles. The Morgan fingerprint density at radius 3 is 1.89 bits per heavy atom. The molecular weight excluding hydrogens is 134 g/mol. The van der Waals surface area contributed by atoms with Crippen LogP contribution in [0.5, 0.6) is 0 Å². The molecule has 0 saturated carbocycles. The van der Waals surface area contributed by atoms with E-state index in [9.17, 15) is 10.1 Å². The monoisotopic (exact) mass is 144 g/mol. The second-order valence-corrected chi connectivity index (χ2v) is 7.90. The topological polar surface area (TPSA) is 43.1 Å². The summed E-state index contributed by atoms with van der Waals surface area (Å²) in [4.78, 5) is 9.53. The van der Waals surface area contributed by atoms with E-state index in [4.69, 9.17) is 6.58 Å². The average molecular weight is 144 g/mol. The van der Waals surface area contributed by atoms with Crippen molar-refractivity contribution in [1.82, 2.24) is 0 Å². The fourth-order valence-electron chi connectivity index (χ4n) is 0.274. The maximum Gasteiger partial charge on any atom is 0.423 e. The quantitative estimate of drug-likeness (QED) is 0.255. The van der Waals surface area contributed by atoms with E-state index < -0.39 is 13.0 Å². The van der Waals surface area contributed by atoms with E-state index in [0.29, 0.717) is 0 Å². The molecule has 0 saturated heterocycles. The molecule has 0 fully saturated rings. The lowest BCUT2D eigenvalue weighted by molar-refractivity contribution is -0.414. The van der Waals surface area contributed by atoms with Crippen LogP contribution in [0.15, 0.2) is 5.32 Å². The van der Waals surface area contributed by atoms with Crippen LogP contribution in [0.1, 0.15) is 0 Å². The average Bonchev–Trinajstić information content (AvgIpc) is 1.62. The molecule has 50 valence electrons. The van der Waals surface area contributed by atoms with Gasteiger partial charge < -0.3 is 0 Å². The SMILES string of the molecule is [CH+]=C([N+](=O)[O-])[Si](C)(C)C. The van der Waals surface area contributed by atoms with Crippen LogP contribution in [0.3, 0.4) is 0 Å². The van der Waals surface area contributed by atoms with Gasteiger partial charge in [0.1, 0.15) is 4.92 Å². The molecule has 0 radical (unpaired) electrons. The molecular formula is C5H10NO2Si+. The van der Waals surface area contributed by atoms with Crippen molar-refractivity contribution in [2.24, 2.45) is 0 Å². The van der Waals surface area contributed by atoms with Crippen LogP contribution in [0.4, 0.5) is 0 Å². The van der Waals surface area contributed by atoms with Crippen molar-refractivity contribution in [3.8, 4) is 0 Å². The van der Waals surface area contributed by atoms with E-state index in [1.807, 2.05) is 19.6 Å². The van der Waals surface area contributed by atoms with Gasteiger partial charge >= 0.3 is 5.32 Å². The molecule has 0 aliphatic rings. The Morgan fingerprint density at radius 2 is 1.89 bits per heavy atom. The van der Waals surface area contributed by atoms with E-state index in [-0.39, 0.29) is 5.32 Å². The van der Waals surface area contributed by atoms with Gasteiger partial charge in [0.2, 0.25) is 8.07 Å². The Kier molecular flexibility index (Phi) is 2.07. The first kappa shape index (κ1) is 8.27. The number of hydrogen-bond acceptors (Lipinski definition) is 2. The van der Waals surface area contributed by atoms with Gasteiger partial charge in [-0.2, -0.15) is 0 Å². The Labute approximate surface area is 55.5 Å². The Morgan fingerprint density at radius 1 is 1.56 bits per heavy atom. The normalized spacial score (nSPS) is 10.9. The van der Waals surface area contributed by atoms with Crippen molar-refractivity contribution in [3.63, 3.8) is 0 Å². The van der Waals surface area contributed by atoms with Crippen LogP contribution in [0, 0.1) is 16.7 Å². The largest absolute Gasteiger partial charge is 0.423 e. The van der Waals surface area contributed by atoms with Crippen LogP contribution in [0.2, 0.25) is 19.6 Å². The summed E-state index contributed by atoms with van der Waals surface area (Å²) in [6.07, 6.45) is 0. The van der Waals surface area contributed by atoms with Crippen LogP contribution in [0.25, 0.3) is 0 Å². The number of nitrogens with zero attached hydrogens (tertiary/aromatic N) is 1. The minimum atomic E-state index is -1.83. The molecule has 0 aromatic rings. The van der Waals surface area contributed by atoms with Gasteiger partial charge in [0, 0.05) is 0 Å². The molecule has 0 aliphatic heterocycles. The summed E-state index contributed by atoms with van der Waals surface area (Å²) in [5.74, 6) is 0. The third-order valence-corrected chi connectivity index (χ3v) is 2.68. The Bertz CT molecular complexity index is 148. The van der Waals surface area contributed by atoms with Crippen molar-refractivity contribution < 1.29 is 4.92 Å². The first-order chi connectivity index (χ1) is 3.85. The van der Waals surface area contributed by atoms with Gasteiger partial charge in [-0.25, -0.2) is 0 Å². The lowest BCUT2D eigenvalue weighted by Crippen LogP contribution is -2.28. The molecule has 4 heteroatoms. The summed E-state index contributed by atoms with van der Waals surface area (Å²) in [6, 6.07) is 0. The van der Waals surface area contributed by atoms with Crippen molar-refractivity contribution >= 4 is 8.07 Å². The first-order valence-electron chi connectivity index (χ1n) is 2.63. The van der Waals surface area contributed by atoms with Crippen LogP contribution in [-0.4, -0.2) is 13.0 Å². The summed E-state index contributed by atoms with van der Waals surface area (Å²) >= 11 is 0. The van der Waals surface area contributed by atoms with E-state index in [1.165, 1.54) is 0 Å². The summed E-state index contributed by atoms with van der Waals surface area (Å²) < 4.78 is 0. The second-order valence-electron chi connectivity index (χ2n) is 2.89. The van der Waals surface area contributed by atoms with Crippen LogP contribution in [-0.2, 0) is 0 Å². The van der Waals surface area contributed by atoms with Crippen molar-refractivity contribution in [2.45, 2.75) is 19.6 Å². The van der Waals surface area contributed by atoms with Gasteiger partial charge in [0.25, 0.3) is 6.58 Å². The molecule has 0 spiro atoms. The molecule has 0 aromatic carbocycles. The third-order valence-electron chi connectivity index (χ3n) is 0.965. The molecule has 0 unspecified atom stereocenters. The lowest BCUT2D eigenvalue weighted by Gasteiger charge is -2.00. The van der Waals surface area contributed by atoms with Gasteiger partial charge in [0.05, 0.1) is 0 Å². The molecule has 9 heavy (non-hydrogen) atoms. The first-order valence-corrected chi connectivity index (χ1v) is 6.13. The molecule has 0 N–H and O–H groups in total. The summed E-state index contributed by atoms with van der Waals surface area (Å²) in [6.45, 7) is 10.7. The standard InChI is InChI=1S/C5H10NO2Si/c1-5(6(7)8)9(2,3)4/h1H,2-4H3/q+1. The minimum absolute atomic E-state index is 0.0532. The predicted molar refractivity (Wildman–Crippen MR) is 38.2 cm³/mol.